The summed E-state index contributed by atoms with van der Waals surface area (Å²) in [6.07, 6.45) is 2.10. The van der Waals surface area contributed by atoms with Gasteiger partial charge in [-0.2, -0.15) is 0 Å². The van der Waals surface area contributed by atoms with E-state index in [9.17, 15) is 4.79 Å². The molecule has 96 valence electrons. The van der Waals surface area contributed by atoms with Gasteiger partial charge in [-0.05, 0) is 39.3 Å². The van der Waals surface area contributed by atoms with Gasteiger partial charge >= 0.3 is 5.97 Å². The van der Waals surface area contributed by atoms with Crippen LogP contribution in [0.1, 0.15) is 36.8 Å². The van der Waals surface area contributed by atoms with Gasteiger partial charge in [0.05, 0.1) is 19.3 Å². The summed E-state index contributed by atoms with van der Waals surface area (Å²) in [6.45, 7) is 9.36. The molecule has 0 N–H and O–H groups in total. The van der Waals surface area contributed by atoms with Gasteiger partial charge in [-0.25, -0.2) is 4.79 Å². The van der Waals surface area contributed by atoms with Gasteiger partial charge < -0.3 is 14.0 Å². The van der Waals surface area contributed by atoms with Crippen molar-refractivity contribution in [2.45, 2.75) is 40.3 Å². The van der Waals surface area contributed by atoms with E-state index in [1.807, 2.05) is 44.5 Å². The Kier molecular flexibility index (Phi) is 5.22. The monoisotopic (exact) mass is 239 g/mol. The highest BCUT2D eigenvalue weighted by atomic mass is 16.5. The molecule has 0 radical (unpaired) electrons. The zero-order valence-electron chi connectivity index (χ0n) is 11.0. The first-order valence-electron chi connectivity index (χ1n) is 6.00. The molecular formula is C13H21NO3. The highest BCUT2D eigenvalue weighted by Crippen LogP contribution is 2.11. The SMILES string of the molecule is CCOC(=O)c1c(C)ccn1CCOC(C)C. The Hall–Kier alpha value is -1.29. The van der Waals surface area contributed by atoms with E-state index in [4.69, 9.17) is 9.47 Å². The summed E-state index contributed by atoms with van der Waals surface area (Å²) in [5, 5.41) is 0. The van der Waals surface area contributed by atoms with Crippen molar-refractivity contribution in [3.8, 4) is 0 Å². The maximum atomic E-state index is 11.8. The van der Waals surface area contributed by atoms with Crippen LogP contribution in [0.25, 0.3) is 0 Å². The third kappa shape index (κ3) is 3.89. The summed E-state index contributed by atoms with van der Waals surface area (Å²) in [5.41, 5.74) is 1.56. The lowest BCUT2D eigenvalue weighted by molar-refractivity contribution is 0.0500. The molecule has 0 aliphatic carbocycles. The molecule has 0 aliphatic heterocycles. The first kappa shape index (κ1) is 13.8. The molecule has 4 nitrogen and oxygen atoms in total. The van der Waals surface area contributed by atoms with Crippen LogP contribution in [0.4, 0.5) is 0 Å². The van der Waals surface area contributed by atoms with Crippen molar-refractivity contribution in [1.29, 1.82) is 0 Å². The minimum Gasteiger partial charge on any atom is -0.461 e. The van der Waals surface area contributed by atoms with E-state index in [2.05, 4.69) is 0 Å². The minimum atomic E-state index is -0.264. The first-order chi connectivity index (χ1) is 8.06. The normalized spacial score (nSPS) is 10.9. The van der Waals surface area contributed by atoms with E-state index in [-0.39, 0.29) is 12.1 Å². The summed E-state index contributed by atoms with van der Waals surface area (Å²) >= 11 is 0. The molecule has 1 rings (SSSR count). The van der Waals surface area contributed by atoms with Gasteiger partial charge in [-0.15, -0.1) is 0 Å². The molecule has 17 heavy (non-hydrogen) atoms. The standard InChI is InChI=1S/C13H21NO3/c1-5-16-13(15)12-11(4)6-7-14(12)8-9-17-10(2)3/h6-7,10H,5,8-9H2,1-4H3. The lowest BCUT2D eigenvalue weighted by Crippen LogP contribution is -2.16. The fourth-order valence-corrected chi connectivity index (χ4v) is 1.63. The third-order valence-corrected chi connectivity index (χ3v) is 2.42. The summed E-state index contributed by atoms with van der Waals surface area (Å²) < 4.78 is 12.4. The topological polar surface area (TPSA) is 40.5 Å². The predicted molar refractivity (Wildman–Crippen MR) is 66.2 cm³/mol. The summed E-state index contributed by atoms with van der Waals surface area (Å²) in [4.78, 5) is 11.8. The number of ether oxygens (including phenoxy) is 2. The van der Waals surface area contributed by atoms with Crippen LogP contribution in [0, 0.1) is 6.92 Å². The number of esters is 1. The lowest BCUT2D eigenvalue weighted by atomic mass is 10.3. The second kappa shape index (κ2) is 6.45. The lowest BCUT2D eigenvalue weighted by Gasteiger charge is -2.11. The molecule has 4 heteroatoms. The van der Waals surface area contributed by atoms with Gasteiger partial charge in [-0.1, -0.05) is 0 Å². The molecule has 0 unspecified atom stereocenters. The molecule has 0 aliphatic rings. The van der Waals surface area contributed by atoms with Crippen molar-refractivity contribution < 1.29 is 14.3 Å². The quantitative estimate of drug-likeness (QED) is 0.716. The van der Waals surface area contributed by atoms with E-state index in [0.717, 1.165) is 5.56 Å². The van der Waals surface area contributed by atoms with Gasteiger partial charge in [0.15, 0.2) is 0 Å². The molecule has 0 fully saturated rings. The van der Waals surface area contributed by atoms with Crippen LogP contribution in [0.2, 0.25) is 0 Å². The average molecular weight is 239 g/mol. The van der Waals surface area contributed by atoms with Crippen molar-refractivity contribution in [2.24, 2.45) is 0 Å². The molecule has 1 aromatic heterocycles. The van der Waals surface area contributed by atoms with Gasteiger partial charge in [0.1, 0.15) is 5.69 Å². The Morgan fingerprint density at radius 3 is 2.76 bits per heavy atom. The van der Waals surface area contributed by atoms with E-state index >= 15 is 0 Å². The molecule has 0 spiro atoms. The predicted octanol–water partition coefficient (Wildman–Crippen LogP) is 2.40. The fourth-order valence-electron chi connectivity index (χ4n) is 1.63. The number of hydrogen-bond acceptors (Lipinski definition) is 3. The number of carbonyl (C=O) groups is 1. The van der Waals surface area contributed by atoms with Gasteiger partial charge in [-0.3, -0.25) is 0 Å². The Morgan fingerprint density at radius 2 is 2.18 bits per heavy atom. The Morgan fingerprint density at radius 1 is 1.47 bits per heavy atom. The van der Waals surface area contributed by atoms with Crippen LogP contribution in [-0.2, 0) is 16.0 Å². The van der Waals surface area contributed by atoms with Crippen LogP contribution in [0.3, 0.4) is 0 Å². The molecule has 0 bridgehead atoms. The molecule has 0 amide bonds. The van der Waals surface area contributed by atoms with Crippen LogP contribution >= 0.6 is 0 Å². The van der Waals surface area contributed by atoms with Gasteiger partial charge in [0.25, 0.3) is 0 Å². The molecule has 0 atom stereocenters. The number of carbonyl (C=O) groups excluding carboxylic acids is 1. The number of hydrogen-bond donors (Lipinski definition) is 0. The number of rotatable bonds is 6. The van der Waals surface area contributed by atoms with Crippen LogP contribution in [-0.4, -0.2) is 29.9 Å². The second-order valence-electron chi connectivity index (χ2n) is 4.18. The largest absolute Gasteiger partial charge is 0.461 e. The summed E-state index contributed by atoms with van der Waals surface area (Å²) in [7, 11) is 0. The van der Waals surface area contributed by atoms with Crippen molar-refractivity contribution >= 4 is 5.97 Å². The summed E-state index contributed by atoms with van der Waals surface area (Å²) in [5.74, 6) is -0.264. The third-order valence-electron chi connectivity index (χ3n) is 2.42. The number of aromatic nitrogens is 1. The molecular weight excluding hydrogens is 218 g/mol. The van der Waals surface area contributed by atoms with Crippen LogP contribution in [0.15, 0.2) is 12.3 Å². The molecule has 1 heterocycles. The van der Waals surface area contributed by atoms with Gasteiger partial charge in [0, 0.05) is 12.7 Å². The minimum absolute atomic E-state index is 0.206. The average Bonchev–Trinajstić information content (AvgIpc) is 2.60. The van der Waals surface area contributed by atoms with Crippen molar-refractivity contribution in [2.75, 3.05) is 13.2 Å². The maximum absolute atomic E-state index is 11.8. The van der Waals surface area contributed by atoms with Gasteiger partial charge in [0.2, 0.25) is 0 Å². The fraction of sp³-hybridized carbons (Fsp3) is 0.615. The smallest absolute Gasteiger partial charge is 0.355 e. The van der Waals surface area contributed by atoms with E-state index < -0.39 is 0 Å². The first-order valence-corrected chi connectivity index (χ1v) is 6.00. The Balaban J connectivity index is 2.69. The number of aryl methyl sites for hydroxylation is 1. The Labute approximate surface area is 103 Å². The molecule has 1 aromatic rings. The zero-order valence-corrected chi connectivity index (χ0v) is 11.0. The Bertz CT molecular complexity index is 369. The zero-order chi connectivity index (χ0) is 12.8. The number of nitrogens with zero attached hydrogens (tertiary/aromatic N) is 1. The molecule has 0 saturated heterocycles. The van der Waals surface area contributed by atoms with E-state index in [1.54, 1.807) is 0 Å². The van der Waals surface area contributed by atoms with Crippen molar-refractivity contribution in [1.82, 2.24) is 4.57 Å². The van der Waals surface area contributed by atoms with Crippen molar-refractivity contribution in [3.05, 3.63) is 23.5 Å². The molecule has 0 saturated carbocycles. The van der Waals surface area contributed by atoms with Crippen molar-refractivity contribution in [3.63, 3.8) is 0 Å². The maximum Gasteiger partial charge on any atom is 0.355 e. The summed E-state index contributed by atoms with van der Waals surface area (Å²) in [6, 6.07) is 1.92. The van der Waals surface area contributed by atoms with Crippen LogP contribution in [0.5, 0.6) is 0 Å². The van der Waals surface area contributed by atoms with Crippen LogP contribution < -0.4 is 0 Å². The molecule has 0 aromatic carbocycles. The highest BCUT2D eigenvalue weighted by Gasteiger charge is 2.15. The highest BCUT2D eigenvalue weighted by molar-refractivity contribution is 5.89. The van der Waals surface area contributed by atoms with E-state index in [1.165, 1.54) is 0 Å². The van der Waals surface area contributed by atoms with E-state index in [0.29, 0.717) is 25.5 Å². The second-order valence-corrected chi connectivity index (χ2v) is 4.18.